The maximum absolute atomic E-state index is 10.0. The van der Waals surface area contributed by atoms with Gasteiger partial charge in [-0.25, -0.2) is 0 Å². The molecule has 16 rings (SSSR count). The van der Waals surface area contributed by atoms with Crippen molar-refractivity contribution in [3.63, 3.8) is 0 Å². The van der Waals surface area contributed by atoms with Crippen molar-refractivity contribution >= 4 is 51.7 Å². The molecule has 0 saturated carbocycles. The number of aliphatic hydroxyl groups excluding tert-OH is 5. The average molecular weight is 2670 g/mol. The Bertz CT molecular complexity index is 6380. The summed E-state index contributed by atoms with van der Waals surface area (Å²) in [5.41, 5.74) is 14.0. The maximum atomic E-state index is 10.0. The third kappa shape index (κ3) is 38.9. The standard InChI is InChI=1S/C17H10N3S.2C15H14N3.2C14H12N3.5C5H8O2.5Ir/c1-3-7-12(8-4-1)14-11-18-15(13-9-5-2-6-10-13)17-16(14)19-21-20-17;1-10-6-4-5-7-11(10)12-8-13-14(9-16-12)18-15(2,3)17-13;1-10-6-4-5-7-11(10)13-14-12(8-9-16-13)17-15(2,3)18-14;1-14(2)16-12-8-11(15-9-13(12)17-14)10-6-4-3-5-7-10;1-14(2)16-11-8-9-15-12(13(11)17-14)10-6-4-3-5-7-10;5*1-4(6)3-5(2)7;;;;;/h1-9,11H;2*4-6,8-9H,1-3H3;2*3-6,8-9H,1-2H3;5*3,6H,1-2H3;;;;;/q5*-1;;;;;;;;;;. The Morgan fingerprint density at radius 3 is 1.05 bits per heavy atom. The minimum absolute atomic E-state index is 0. The van der Waals surface area contributed by atoms with Crippen LogP contribution >= 0.6 is 11.7 Å². The monoisotopic (exact) mass is 2670 g/mol. The van der Waals surface area contributed by atoms with Crippen LogP contribution in [0.4, 0.5) is 0 Å². The molecule has 4 aliphatic heterocycles. The molecule has 31 heteroatoms. The Labute approximate surface area is 834 Å². The quantitative estimate of drug-likeness (QED) is 0.0456. The molecule has 0 bridgehead atoms. The molecule has 5 N–H and O–H groups in total. The second-order valence-corrected chi connectivity index (χ2v) is 31.2. The van der Waals surface area contributed by atoms with Gasteiger partial charge in [-0.1, -0.05) is 56.3 Å². The van der Waals surface area contributed by atoms with E-state index in [1.807, 2.05) is 201 Å². The van der Waals surface area contributed by atoms with Crippen LogP contribution in [0.3, 0.4) is 0 Å². The predicted octanol–water partition coefficient (Wildman–Crippen LogP) is 16.2. The molecule has 10 heterocycles. The van der Waals surface area contributed by atoms with E-state index in [9.17, 15) is 24.0 Å². The molecular formula is C100H102Ir5N15O10S-5. The molecule has 6 aromatic heterocycles. The molecule has 5 radical (unpaired) electrons. The fourth-order valence-electron chi connectivity index (χ4n) is 12.1. The molecule has 693 valence electrons. The van der Waals surface area contributed by atoms with Gasteiger partial charge in [0.2, 0.25) is 0 Å². The van der Waals surface area contributed by atoms with Crippen LogP contribution in [-0.4, -0.2) is 111 Å². The topological polar surface area (TPSA) is 376 Å². The predicted molar refractivity (Wildman–Crippen MR) is 489 cm³/mol. The zero-order valence-electron chi connectivity index (χ0n) is 75.9. The van der Waals surface area contributed by atoms with E-state index in [4.69, 9.17) is 25.5 Å². The Hall–Kier alpha value is -11.4. The van der Waals surface area contributed by atoms with Crippen LogP contribution in [0.5, 0.6) is 0 Å². The van der Waals surface area contributed by atoms with Gasteiger partial charge >= 0.3 is 0 Å². The van der Waals surface area contributed by atoms with E-state index in [0.29, 0.717) is 0 Å². The van der Waals surface area contributed by atoms with Gasteiger partial charge in [-0.05, 0) is 154 Å². The van der Waals surface area contributed by atoms with Gasteiger partial charge in [0.1, 0.15) is 38.9 Å². The molecule has 4 aliphatic rings. The zero-order chi connectivity index (χ0) is 92.6. The minimum Gasteiger partial charge on any atom is -0.512 e. The van der Waals surface area contributed by atoms with Crippen molar-refractivity contribution in [3.05, 3.63) is 338 Å². The molecule has 0 unspecified atom stereocenters. The first-order chi connectivity index (χ1) is 59.5. The third-order valence-corrected chi connectivity index (χ3v) is 17.2. The van der Waals surface area contributed by atoms with Gasteiger partial charge in [0.05, 0.1) is 78.2 Å². The first-order valence-corrected chi connectivity index (χ1v) is 40.5. The van der Waals surface area contributed by atoms with Crippen molar-refractivity contribution in [3.8, 4) is 67.4 Å². The van der Waals surface area contributed by atoms with Crippen molar-refractivity contribution in [2.24, 2.45) is 39.9 Å². The Morgan fingerprint density at radius 1 is 0.321 bits per heavy atom. The molecule has 131 heavy (non-hydrogen) atoms. The van der Waals surface area contributed by atoms with Crippen LogP contribution in [0.1, 0.15) is 136 Å². The number of ketones is 5. The summed E-state index contributed by atoms with van der Waals surface area (Å²) < 4.78 is 8.89. The molecular weight excluding hydrogens is 2560 g/mol. The summed E-state index contributed by atoms with van der Waals surface area (Å²) in [6, 6.07) is 69.2. The summed E-state index contributed by atoms with van der Waals surface area (Å²) in [5, 5.41) is 49.0. The van der Waals surface area contributed by atoms with Gasteiger partial charge in [-0.3, -0.25) is 63.9 Å². The van der Waals surface area contributed by atoms with Gasteiger partial charge in [-0.15, -0.1) is 178 Å². The fourth-order valence-corrected chi connectivity index (χ4v) is 12.6. The van der Waals surface area contributed by atoms with Crippen LogP contribution in [0.15, 0.2) is 294 Å². The number of rotatable bonds is 11. The number of hydrogen-bond donors (Lipinski definition) is 5. The van der Waals surface area contributed by atoms with E-state index < -0.39 is 0 Å². The number of benzene rings is 6. The van der Waals surface area contributed by atoms with Gasteiger partial charge < -0.3 is 50.5 Å². The second-order valence-electron chi connectivity index (χ2n) is 30.7. The van der Waals surface area contributed by atoms with E-state index in [-0.39, 0.29) is 181 Å². The van der Waals surface area contributed by atoms with Crippen LogP contribution in [0.2, 0.25) is 0 Å². The van der Waals surface area contributed by atoms with Crippen LogP contribution in [0, 0.1) is 44.2 Å². The Morgan fingerprint density at radius 2 is 0.656 bits per heavy atom. The summed E-state index contributed by atoms with van der Waals surface area (Å²) in [6.45, 7) is 34.3. The number of fused-ring (bicyclic) bond motifs is 5. The molecule has 0 fully saturated rings. The normalized spacial score (nSPS) is 13.2. The average Bonchev–Trinajstić information content (AvgIpc) is 1.33. The number of aromatic nitrogens is 7. The summed E-state index contributed by atoms with van der Waals surface area (Å²) in [7, 11) is 0. The van der Waals surface area contributed by atoms with E-state index in [0.717, 1.165) is 127 Å². The molecule has 0 atom stereocenters. The van der Waals surface area contributed by atoms with Crippen molar-refractivity contribution in [2.45, 2.75) is 161 Å². The minimum atomic E-state index is -0.386. The first-order valence-electron chi connectivity index (χ1n) is 39.7. The van der Waals surface area contributed by atoms with Crippen molar-refractivity contribution in [1.29, 1.82) is 0 Å². The largest absolute Gasteiger partial charge is 0.512 e. The van der Waals surface area contributed by atoms with Gasteiger partial charge in [0.25, 0.3) is 0 Å². The van der Waals surface area contributed by atoms with Gasteiger partial charge in [0.15, 0.2) is 28.9 Å². The molecule has 12 aromatic rings. The van der Waals surface area contributed by atoms with Crippen LogP contribution in [-0.2, 0) is 124 Å². The van der Waals surface area contributed by atoms with E-state index in [1.54, 1.807) is 24.8 Å². The number of carbonyl (C=O) groups excluding carboxylic acids is 5. The van der Waals surface area contributed by atoms with E-state index in [2.05, 4.69) is 142 Å². The van der Waals surface area contributed by atoms with Gasteiger partial charge in [0, 0.05) is 185 Å². The number of aliphatic hydroxyl groups is 5. The van der Waals surface area contributed by atoms with Crippen LogP contribution < -0.4 is 42.9 Å². The van der Waals surface area contributed by atoms with Crippen molar-refractivity contribution in [1.82, 2.24) is 33.7 Å². The molecule has 0 saturated heterocycles. The van der Waals surface area contributed by atoms with Crippen LogP contribution in [0.25, 0.3) is 78.4 Å². The fraction of sp³-hybridized carbons (Fsp3) is 0.240. The number of carbonyl (C=O) groups is 5. The third-order valence-electron chi connectivity index (χ3n) is 16.6. The zero-order valence-corrected chi connectivity index (χ0v) is 88.7. The smallest absolute Gasteiger partial charge is 0.155 e. The van der Waals surface area contributed by atoms with E-state index in [1.165, 1.54) is 117 Å². The number of hydrogen-bond acceptors (Lipinski definition) is 26. The molecule has 0 aliphatic carbocycles. The van der Waals surface area contributed by atoms with Crippen molar-refractivity contribution < 1.29 is 150 Å². The molecule has 0 amide bonds. The molecule has 25 nitrogen and oxygen atoms in total. The first kappa shape index (κ1) is 116. The second kappa shape index (κ2) is 55.0. The Balaban J connectivity index is 0.000000505. The summed E-state index contributed by atoms with van der Waals surface area (Å²) in [5.74, 6) is -0.312. The van der Waals surface area contributed by atoms with E-state index >= 15 is 0 Å². The summed E-state index contributed by atoms with van der Waals surface area (Å²) in [4.78, 5) is 109. The van der Waals surface area contributed by atoms with Crippen molar-refractivity contribution in [2.75, 3.05) is 0 Å². The number of allylic oxidation sites excluding steroid dienone is 10. The summed E-state index contributed by atoms with van der Waals surface area (Å²) >= 11 is 1.22. The number of pyridine rings is 5. The van der Waals surface area contributed by atoms with Gasteiger partial charge in [-0.2, -0.15) is 8.75 Å². The number of nitrogens with zero attached hydrogens (tertiary/aromatic N) is 15. The molecule has 0 spiro atoms. The molecule has 6 aromatic carbocycles. The SMILES string of the molecule is CC(=O)C=C(C)O.CC(=O)C=C(C)O.CC(=O)C=C(C)O.CC(=O)C=C(C)O.CC(=O)C=C(C)O.CC1(C)N=c2ccnc(-c3[c-]cccc3)c2=N1.CC1(C)N=c2cnc(-c3[c-]cccc3)cc2=N1.Cc1ccc[c-]c1-c1cc2c(cn1)=NC(C)(C)N=2.Cc1ccc[c-]c1-c1nccc2c1=NC(C)(C)N=2.[Ir].[Ir].[Ir].[Ir].[Ir].[c-]1ccccc1-c1ncc(-c2ccccc2)c2nsnc12. The maximum Gasteiger partial charge on any atom is 0.155 e. The Kier molecular flexibility index (Phi) is 48.6. The number of aryl methyl sites for hydroxylation is 2. The summed E-state index contributed by atoms with van der Waals surface area (Å²) in [6.07, 6.45) is 14.8.